The molecule has 6 nitrogen and oxygen atoms in total. The van der Waals surface area contributed by atoms with Gasteiger partial charge in [-0.25, -0.2) is 0 Å². The number of phenolic OH excluding ortho intramolecular Hbond substituents is 1. The van der Waals surface area contributed by atoms with Crippen LogP contribution in [0.25, 0.3) is 0 Å². The molecule has 0 unspecified atom stereocenters. The number of hydrogen-bond acceptors (Lipinski definition) is 4. The van der Waals surface area contributed by atoms with Gasteiger partial charge in [0.05, 0.1) is 5.69 Å². The van der Waals surface area contributed by atoms with Gasteiger partial charge in [0.25, 0.3) is 0 Å². The van der Waals surface area contributed by atoms with Crippen molar-refractivity contribution in [2.24, 2.45) is 4.99 Å². The molecule has 1 heterocycles. The van der Waals surface area contributed by atoms with E-state index < -0.39 is 0 Å². The van der Waals surface area contributed by atoms with Crippen LogP contribution in [0.15, 0.2) is 53.5 Å². The second-order valence-electron chi connectivity index (χ2n) is 7.51. The summed E-state index contributed by atoms with van der Waals surface area (Å²) in [6, 6.07) is 16.3. The lowest BCUT2D eigenvalue weighted by Gasteiger charge is -2.37. The van der Waals surface area contributed by atoms with Gasteiger partial charge in [0.15, 0.2) is 5.96 Å². The van der Waals surface area contributed by atoms with Crippen molar-refractivity contribution in [2.75, 3.05) is 51.7 Å². The number of nitrogens with one attached hydrogen (secondary N) is 1. The number of piperazine rings is 1. The highest BCUT2D eigenvalue weighted by Crippen LogP contribution is 2.27. The van der Waals surface area contributed by atoms with Crippen LogP contribution in [-0.4, -0.2) is 67.7 Å². The summed E-state index contributed by atoms with van der Waals surface area (Å²) in [6.45, 7) is 8.40. The van der Waals surface area contributed by atoms with Crippen LogP contribution in [0.1, 0.15) is 18.1 Å². The molecule has 6 heteroatoms. The van der Waals surface area contributed by atoms with E-state index in [4.69, 9.17) is 0 Å². The predicted octanol–water partition coefficient (Wildman–Crippen LogP) is 2.74. The van der Waals surface area contributed by atoms with Crippen molar-refractivity contribution in [3.05, 3.63) is 59.7 Å². The third kappa shape index (κ3) is 5.64. The summed E-state index contributed by atoms with van der Waals surface area (Å²) in [5.41, 5.74) is 3.50. The fraction of sp³-hybridized carbons (Fsp3) is 0.435. The first-order valence-electron chi connectivity index (χ1n) is 10.4. The Hall–Kier alpha value is -2.73. The zero-order chi connectivity index (χ0) is 20.6. The van der Waals surface area contributed by atoms with E-state index in [1.165, 1.54) is 11.1 Å². The SMILES string of the molecule is CCN(C)Cc1cccc(CNC(=NC)N2CCN(c3ccccc3O)CC2)c1. The number of rotatable bonds is 6. The van der Waals surface area contributed by atoms with E-state index in [1.807, 2.05) is 25.2 Å². The summed E-state index contributed by atoms with van der Waals surface area (Å²) >= 11 is 0. The van der Waals surface area contributed by atoms with Crippen LogP contribution in [0.4, 0.5) is 5.69 Å². The number of benzene rings is 2. The summed E-state index contributed by atoms with van der Waals surface area (Å²) in [6.07, 6.45) is 0. The van der Waals surface area contributed by atoms with E-state index in [0.29, 0.717) is 5.75 Å². The van der Waals surface area contributed by atoms with E-state index in [1.54, 1.807) is 6.07 Å². The van der Waals surface area contributed by atoms with Crippen LogP contribution in [0.5, 0.6) is 5.75 Å². The first-order valence-corrected chi connectivity index (χ1v) is 10.4. The molecule has 0 saturated carbocycles. The summed E-state index contributed by atoms with van der Waals surface area (Å²) in [5.74, 6) is 1.27. The summed E-state index contributed by atoms with van der Waals surface area (Å²) in [5, 5.41) is 13.6. The fourth-order valence-electron chi connectivity index (χ4n) is 3.67. The molecule has 156 valence electrons. The molecule has 2 aromatic carbocycles. The van der Waals surface area contributed by atoms with Gasteiger partial charge in [-0.2, -0.15) is 0 Å². The van der Waals surface area contributed by atoms with Gasteiger partial charge in [-0.3, -0.25) is 4.99 Å². The number of anilines is 1. The smallest absolute Gasteiger partial charge is 0.194 e. The first kappa shape index (κ1) is 21.0. The lowest BCUT2D eigenvalue weighted by Crippen LogP contribution is -2.52. The number of hydrogen-bond donors (Lipinski definition) is 2. The quantitative estimate of drug-likeness (QED) is 0.582. The highest BCUT2D eigenvalue weighted by atomic mass is 16.3. The molecule has 1 aliphatic heterocycles. The average molecular weight is 396 g/mol. The van der Waals surface area contributed by atoms with Crippen LogP contribution >= 0.6 is 0 Å². The van der Waals surface area contributed by atoms with Gasteiger partial charge in [-0.05, 0) is 36.9 Å². The van der Waals surface area contributed by atoms with Gasteiger partial charge in [-0.15, -0.1) is 0 Å². The van der Waals surface area contributed by atoms with Gasteiger partial charge >= 0.3 is 0 Å². The minimum Gasteiger partial charge on any atom is -0.506 e. The molecule has 0 amide bonds. The molecule has 0 aliphatic carbocycles. The Balaban J connectivity index is 1.54. The largest absolute Gasteiger partial charge is 0.506 e. The van der Waals surface area contributed by atoms with E-state index in [-0.39, 0.29) is 0 Å². The molecule has 3 rings (SSSR count). The number of guanidine groups is 1. The summed E-state index contributed by atoms with van der Waals surface area (Å²) < 4.78 is 0. The van der Waals surface area contributed by atoms with Crippen LogP contribution in [-0.2, 0) is 13.1 Å². The fourth-order valence-corrected chi connectivity index (χ4v) is 3.67. The summed E-state index contributed by atoms with van der Waals surface area (Å²) in [4.78, 5) is 11.3. The average Bonchev–Trinajstić information content (AvgIpc) is 2.75. The Morgan fingerprint density at radius 2 is 1.79 bits per heavy atom. The van der Waals surface area contributed by atoms with E-state index in [0.717, 1.165) is 57.5 Å². The summed E-state index contributed by atoms with van der Waals surface area (Å²) in [7, 11) is 3.98. The van der Waals surface area contributed by atoms with Crippen molar-refractivity contribution >= 4 is 11.6 Å². The molecule has 1 aliphatic rings. The van der Waals surface area contributed by atoms with Crippen LogP contribution < -0.4 is 10.2 Å². The second-order valence-corrected chi connectivity index (χ2v) is 7.51. The third-order valence-corrected chi connectivity index (χ3v) is 5.45. The maximum atomic E-state index is 10.1. The molecule has 0 bridgehead atoms. The molecule has 1 fully saturated rings. The van der Waals surface area contributed by atoms with E-state index >= 15 is 0 Å². The molecular formula is C23H33N5O. The van der Waals surface area contributed by atoms with Crippen molar-refractivity contribution in [1.29, 1.82) is 0 Å². The number of phenols is 1. The zero-order valence-electron chi connectivity index (χ0n) is 17.8. The Kier molecular flexibility index (Phi) is 7.36. The number of aromatic hydroxyl groups is 1. The Morgan fingerprint density at radius 1 is 1.07 bits per heavy atom. The highest BCUT2D eigenvalue weighted by Gasteiger charge is 2.21. The maximum absolute atomic E-state index is 10.1. The molecule has 2 aromatic rings. The van der Waals surface area contributed by atoms with Crippen molar-refractivity contribution < 1.29 is 5.11 Å². The minimum absolute atomic E-state index is 0.344. The third-order valence-electron chi connectivity index (χ3n) is 5.45. The Bertz CT molecular complexity index is 814. The van der Waals surface area contributed by atoms with Gasteiger partial charge in [0.2, 0.25) is 0 Å². The van der Waals surface area contributed by atoms with Gasteiger partial charge < -0.3 is 25.1 Å². The van der Waals surface area contributed by atoms with Gasteiger partial charge in [-0.1, -0.05) is 43.3 Å². The zero-order valence-corrected chi connectivity index (χ0v) is 17.8. The van der Waals surface area contributed by atoms with Crippen LogP contribution in [0.2, 0.25) is 0 Å². The molecule has 0 radical (unpaired) electrons. The predicted molar refractivity (Wildman–Crippen MR) is 121 cm³/mol. The highest BCUT2D eigenvalue weighted by molar-refractivity contribution is 5.80. The van der Waals surface area contributed by atoms with Crippen molar-refractivity contribution in [3.8, 4) is 5.75 Å². The lowest BCUT2D eigenvalue weighted by atomic mass is 10.1. The molecule has 0 atom stereocenters. The normalized spacial score (nSPS) is 15.1. The van der Waals surface area contributed by atoms with Gasteiger partial charge in [0, 0.05) is 46.3 Å². The standard InChI is InChI=1S/C23H33N5O/c1-4-26(3)18-20-9-7-8-19(16-20)17-25-23(24-2)28-14-12-27(13-15-28)21-10-5-6-11-22(21)29/h5-11,16,29H,4,12-15,17-18H2,1-3H3,(H,24,25). The van der Waals surface area contributed by atoms with Crippen LogP contribution in [0.3, 0.4) is 0 Å². The monoisotopic (exact) mass is 395 g/mol. The Labute approximate surface area is 174 Å². The van der Waals surface area contributed by atoms with E-state index in [2.05, 4.69) is 63.2 Å². The first-order chi connectivity index (χ1) is 14.1. The number of aliphatic imine (C=N–C) groups is 1. The number of para-hydroxylation sites is 2. The second kappa shape index (κ2) is 10.2. The Morgan fingerprint density at radius 3 is 2.48 bits per heavy atom. The maximum Gasteiger partial charge on any atom is 0.194 e. The molecule has 29 heavy (non-hydrogen) atoms. The van der Waals surface area contributed by atoms with E-state index in [9.17, 15) is 5.11 Å². The molecule has 1 saturated heterocycles. The minimum atomic E-state index is 0.344. The van der Waals surface area contributed by atoms with Crippen molar-refractivity contribution in [2.45, 2.75) is 20.0 Å². The van der Waals surface area contributed by atoms with Crippen molar-refractivity contribution in [3.63, 3.8) is 0 Å². The molecule has 0 spiro atoms. The van der Waals surface area contributed by atoms with Gasteiger partial charge in [0.1, 0.15) is 5.75 Å². The van der Waals surface area contributed by atoms with Crippen molar-refractivity contribution in [1.82, 2.24) is 15.1 Å². The molecule has 0 aromatic heterocycles. The topological polar surface area (TPSA) is 54.3 Å². The lowest BCUT2D eigenvalue weighted by molar-refractivity contribution is 0.345. The molecular weight excluding hydrogens is 362 g/mol. The molecule has 2 N–H and O–H groups in total. The van der Waals surface area contributed by atoms with Crippen LogP contribution in [0, 0.1) is 0 Å². The number of nitrogens with zero attached hydrogens (tertiary/aromatic N) is 4.